The number of benzene rings is 1. The van der Waals surface area contributed by atoms with Gasteiger partial charge in [0, 0.05) is 13.1 Å². The van der Waals surface area contributed by atoms with E-state index in [1.165, 1.54) is 24.5 Å². The van der Waals surface area contributed by atoms with Gasteiger partial charge in [-0.3, -0.25) is 9.59 Å². The van der Waals surface area contributed by atoms with Crippen LogP contribution in [0.2, 0.25) is 0 Å². The smallest absolute Gasteiger partial charge is 0.230 e. The highest BCUT2D eigenvalue weighted by Crippen LogP contribution is 2.23. The number of anilines is 2. The number of carbonyl (C=O) groups is 2. The number of aromatic nitrogens is 1. The maximum absolute atomic E-state index is 12.3. The summed E-state index contributed by atoms with van der Waals surface area (Å²) in [4.78, 5) is 27.6. The third-order valence-electron chi connectivity index (χ3n) is 3.90. The van der Waals surface area contributed by atoms with E-state index >= 15 is 0 Å². The predicted octanol–water partition coefficient (Wildman–Crippen LogP) is 2.71. The quantitative estimate of drug-likeness (QED) is 0.912. The summed E-state index contributed by atoms with van der Waals surface area (Å²) in [7, 11) is 0. The van der Waals surface area contributed by atoms with Crippen molar-refractivity contribution >= 4 is 23.3 Å². The first-order valence-corrected chi connectivity index (χ1v) is 7.75. The Balaban J connectivity index is 1.69. The van der Waals surface area contributed by atoms with Crippen LogP contribution in [0, 0.1) is 0 Å². The van der Waals surface area contributed by atoms with Gasteiger partial charge in [0.1, 0.15) is 0 Å². The molecule has 118 valence electrons. The van der Waals surface area contributed by atoms with Crippen molar-refractivity contribution in [1.82, 2.24) is 4.98 Å². The third-order valence-corrected chi connectivity index (χ3v) is 3.90. The fourth-order valence-corrected chi connectivity index (χ4v) is 2.89. The molecule has 1 aromatic heterocycles. The normalized spacial score (nSPS) is 12.6. The summed E-state index contributed by atoms with van der Waals surface area (Å²) in [5.41, 5.74) is 4.25. The Morgan fingerprint density at radius 3 is 2.78 bits per heavy atom. The molecule has 0 aliphatic heterocycles. The summed E-state index contributed by atoms with van der Waals surface area (Å²) in [6.07, 6.45) is 5.30. The summed E-state index contributed by atoms with van der Waals surface area (Å²) in [5, 5.41) is 5.43. The van der Waals surface area contributed by atoms with Crippen LogP contribution in [0.5, 0.6) is 0 Å². The van der Waals surface area contributed by atoms with Crippen LogP contribution in [0.25, 0.3) is 0 Å². The number of nitrogens with one attached hydrogen (secondary N) is 2. The Hall–Kier alpha value is -2.69. The number of aryl methyl sites for hydroxylation is 2. The minimum absolute atomic E-state index is 0.145. The number of rotatable bonds is 4. The van der Waals surface area contributed by atoms with Crippen LogP contribution in [-0.2, 0) is 28.9 Å². The number of hydrogen-bond donors (Lipinski definition) is 2. The Kier molecular flexibility index (Phi) is 4.37. The van der Waals surface area contributed by atoms with Crippen LogP contribution in [0.1, 0.15) is 30.0 Å². The molecule has 2 amide bonds. The molecule has 0 spiro atoms. The van der Waals surface area contributed by atoms with Gasteiger partial charge < -0.3 is 10.6 Å². The molecule has 1 heterocycles. The SMILES string of the molecule is CC(=O)Nc1cccnc1NC(=O)Cc1ccc2c(c1)CCC2. The summed E-state index contributed by atoms with van der Waals surface area (Å²) in [6.45, 7) is 1.42. The number of pyridine rings is 1. The molecule has 0 saturated heterocycles. The molecule has 2 aromatic rings. The second kappa shape index (κ2) is 6.60. The van der Waals surface area contributed by atoms with E-state index in [1.807, 2.05) is 6.07 Å². The lowest BCUT2D eigenvalue weighted by Crippen LogP contribution is -2.18. The predicted molar refractivity (Wildman–Crippen MR) is 89.3 cm³/mol. The van der Waals surface area contributed by atoms with Crippen LogP contribution in [0.3, 0.4) is 0 Å². The van der Waals surface area contributed by atoms with Crippen LogP contribution in [0.4, 0.5) is 11.5 Å². The molecule has 1 aliphatic carbocycles. The van der Waals surface area contributed by atoms with Gasteiger partial charge in [0.2, 0.25) is 11.8 Å². The fraction of sp³-hybridized carbons (Fsp3) is 0.278. The Morgan fingerprint density at radius 1 is 1.13 bits per heavy atom. The van der Waals surface area contributed by atoms with E-state index in [1.54, 1.807) is 18.3 Å². The minimum atomic E-state index is -0.202. The lowest BCUT2D eigenvalue weighted by atomic mass is 10.0. The molecular formula is C18H19N3O2. The molecule has 3 rings (SSSR count). The molecule has 5 nitrogen and oxygen atoms in total. The van der Waals surface area contributed by atoms with E-state index in [4.69, 9.17) is 0 Å². The summed E-state index contributed by atoms with van der Waals surface area (Å²) < 4.78 is 0. The Bertz CT molecular complexity index is 756. The maximum Gasteiger partial charge on any atom is 0.230 e. The maximum atomic E-state index is 12.3. The lowest BCUT2D eigenvalue weighted by Gasteiger charge is -2.10. The minimum Gasteiger partial charge on any atom is -0.323 e. The highest BCUT2D eigenvalue weighted by molar-refractivity contribution is 5.98. The van der Waals surface area contributed by atoms with Gasteiger partial charge in [-0.2, -0.15) is 0 Å². The lowest BCUT2D eigenvalue weighted by molar-refractivity contribution is -0.116. The van der Waals surface area contributed by atoms with Gasteiger partial charge in [-0.05, 0) is 48.1 Å². The summed E-state index contributed by atoms with van der Waals surface area (Å²) in [6, 6.07) is 9.67. The first kappa shape index (κ1) is 15.2. The highest BCUT2D eigenvalue weighted by Gasteiger charge is 2.13. The van der Waals surface area contributed by atoms with Crippen LogP contribution >= 0.6 is 0 Å². The van der Waals surface area contributed by atoms with Crippen molar-refractivity contribution in [3.8, 4) is 0 Å². The van der Waals surface area contributed by atoms with Gasteiger partial charge in [0.25, 0.3) is 0 Å². The molecule has 0 fully saturated rings. The molecule has 5 heteroatoms. The fourth-order valence-electron chi connectivity index (χ4n) is 2.89. The second-order valence-electron chi connectivity index (χ2n) is 5.76. The molecule has 0 unspecified atom stereocenters. The standard InChI is InChI=1S/C18H19N3O2/c1-12(22)20-16-6-3-9-19-18(16)21-17(23)11-13-7-8-14-4-2-5-15(14)10-13/h3,6-10H,2,4-5,11H2,1H3,(H,20,22)(H,19,21,23). The van der Waals surface area contributed by atoms with Gasteiger partial charge in [-0.25, -0.2) is 4.98 Å². The average molecular weight is 309 g/mol. The van der Waals surface area contributed by atoms with Crippen LogP contribution in [-0.4, -0.2) is 16.8 Å². The molecule has 0 saturated carbocycles. The van der Waals surface area contributed by atoms with Gasteiger partial charge in [-0.15, -0.1) is 0 Å². The zero-order valence-electron chi connectivity index (χ0n) is 13.1. The average Bonchev–Trinajstić information content (AvgIpc) is 2.96. The molecule has 1 aliphatic rings. The molecule has 2 N–H and O–H groups in total. The number of carbonyl (C=O) groups excluding carboxylic acids is 2. The van der Waals surface area contributed by atoms with Gasteiger partial charge in [0.05, 0.1) is 12.1 Å². The van der Waals surface area contributed by atoms with Crippen molar-refractivity contribution in [3.05, 3.63) is 53.2 Å². The molecular weight excluding hydrogens is 290 g/mol. The van der Waals surface area contributed by atoms with Crippen molar-refractivity contribution in [3.63, 3.8) is 0 Å². The van der Waals surface area contributed by atoms with E-state index in [9.17, 15) is 9.59 Å². The van der Waals surface area contributed by atoms with Crippen molar-refractivity contribution < 1.29 is 9.59 Å². The number of nitrogens with zero attached hydrogens (tertiary/aromatic N) is 1. The first-order chi connectivity index (χ1) is 11.1. The third kappa shape index (κ3) is 3.74. The van der Waals surface area contributed by atoms with E-state index in [-0.39, 0.29) is 11.8 Å². The monoisotopic (exact) mass is 309 g/mol. The molecule has 0 bridgehead atoms. The second-order valence-corrected chi connectivity index (χ2v) is 5.76. The first-order valence-electron chi connectivity index (χ1n) is 7.75. The van der Waals surface area contributed by atoms with Gasteiger partial charge in [0.15, 0.2) is 5.82 Å². The largest absolute Gasteiger partial charge is 0.323 e. The van der Waals surface area contributed by atoms with Gasteiger partial charge >= 0.3 is 0 Å². The number of hydrogen-bond acceptors (Lipinski definition) is 3. The van der Waals surface area contributed by atoms with Crippen LogP contribution < -0.4 is 10.6 Å². The number of amides is 2. The van der Waals surface area contributed by atoms with Crippen molar-refractivity contribution in [2.75, 3.05) is 10.6 Å². The van der Waals surface area contributed by atoms with E-state index in [0.717, 1.165) is 18.4 Å². The zero-order valence-corrected chi connectivity index (χ0v) is 13.1. The van der Waals surface area contributed by atoms with Gasteiger partial charge in [-0.1, -0.05) is 18.2 Å². The highest BCUT2D eigenvalue weighted by atomic mass is 16.2. The molecule has 23 heavy (non-hydrogen) atoms. The molecule has 0 radical (unpaired) electrons. The van der Waals surface area contributed by atoms with Crippen molar-refractivity contribution in [2.24, 2.45) is 0 Å². The Labute approximate surface area is 135 Å². The Morgan fingerprint density at radius 2 is 1.96 bits per heavy atom. The summed E-state index contributed by atoms with van der Waals surface area (Å²) in [5.74, 6) is 0.0224. The van der Waals surface area contributed by atoms with Crippen LogP contribution in [0.15, 0.2) is 36.5 Å². The van der Waals surface area contributed by atoms with E-state index in [2.05, 4.69) is 27.8 Å². The van der Waals surface area contributed by atoms with E-state index in [0.29, 0.717) is 17.9 Å². The topological polar surface area (TPSA) is 71.1 Å². The van der Waals surface area contributed by atoms with Crippen molar-refractivity contribution in [2.45, 2.75) is 32.6 Å². The zero-order chi connectivity index (χ0) is 16.2. The summed E-state index contributed by atoms with van der Waals surface area (Å²) >= 11 is 0. The van der Waals surface area contributed by atoms with E-state index < -0.39 is 0 Å². The molecule has 1 aromatic carbocycles. The van der Waals surface area contributed by atoms with Crippen molar-refractivity contribution in [1.29, 1.82) is 0 Å². The molecule has 0 atom stereocenters. The number of fused-ring (bicyclic) bond motifs is 1.